The number of hydrogen-bond acceptors (Lipinski definition) is 5. The van der Waals surface area contributed by atoms with Crippen molar-refractivity contribution in [2.24, 2.45) is 0 Å². The van der Waals surface area contributed by atoms with Gasteiger partial charge in [0, 0.05) is 16.3 Å². The maximum atomic E-state index is 13.2. The van der Waals surface area contributed by atoms with Gasteiger partial charge in [-0.3, -0.25) is 9.36 Å². The van der Waals surface area contributed by atoms with Gasteiger partial charge in [-0.2, -0.15) is 0 Å². The molecule has 0 N–H and O–H groups in total. The van der Waals surface area contributed by atoms with Gasteiger partial charge in [0.2, 0.25) is 0 Å². The minimum atomic E-state index is -0.402. The number of thiophene rings is 1. The molecule has 1 aliphatic carbocycles. The van der Waals surface area contributed by atoms with Crippen LogP contribution in [0.2, 0.25) is 0 Å². The molecule has 0 amide bonds. The highest BCUT2D eigenvalue weighted by atomic mass is 32.1. The normalized spacial score (nSPS) is 13.9. The van der Waals surface area contributed by atoms with E-state index in [-0.39, 0.29) is 5.56 Å². The molecule has 3 aromatic heterocycles. The summed E-state index contributed by atoms with van der Waals surface area (Å²) >= 11 is 1.65. The van der Waals surface area contributed by atoms with Gasteiger partial charge < -0.3 is 4.42 Å². The molecule has 6 heteroatoms. The third kappa shape index (κ3) is 2.71. The van der Waals surface area contributed by atoms with Gasteiger partial charge in [-0.25, -0.2) is 9.78 Å². The van der Waals surface area contributed by atoms with Gasteiger partial charge >= 0.3 is 5.63 Å². The van der Waals surface area contributed by atoms with Gasteiger partial charge in [0.15, 0.2) is 0 Å². The monoisotopic (exact) mass is 392 g/mol. The van der Waals surface area contributed by atoms with Crippen LogP contribution in [0.5, 0.6) is 0 Å². The zero-order valence-electron chi connectivity index (χ0n) is 15.9. The average molecular weight is 392 g/mol. The summed E-state index contributed by atoms with van der Waals surface area (Å²) in [5.41, 5.74) is 4.29. The van der Waals surface area contributed by atoms with Crippen LogP contribution in [0.15, 0.2) is 38.5 Å². The van der Waals surface area contributed by atoms with Crippen LogP contribution in [-0.4, -0.2) is 9.55 Å². The minimum absolute atomic E-state index is 0.0189. The molecule has 0 fully saturated rings. The third-order valence-corrected chi connectivity index (χ3v) is 6.93. The molecule has 0 spiro atoms. The Morgan fingerprint density at radius 2 is 1.89 bits per heavy atom. The van der Waals surface area contributed by atoms with Crippen molar-refractivity contribution in [2.75, 3.05) is 0 Å². The molecule has 5 nitrogen and oxygen atoms in total. The first-order valence-electron chi connectivity index (χ1n) is 9.55. The van der Waals surface area contributed by atoms with Crippen molar-refractivity contribution in [1.29, 1.82) is 0 Å². The lowest BCUT2D eigenvalue weighted by atomic mass is 9.97. The maximum Gasteiger partial charge on any atom is 0.336 e. The largest absolute Gasteiger partial charge is 0.423 e. The van der Waals surface area contributed by atoms with Crippen molar-refractivity contribution >= 4 is 32.5 Å². The molecule has 1 aliphatic rings. The van der Waals surface area contributed by atoms with E-state index in [0.717, 1.165) is 51.6 Å². The second-order valence-electron chi connectivity index (χ2n) is 7.59. The number of nitrogens with zero attached hydrogens (tertiary/aromatic N) is 2. The summed E-state index contributed by atoms with van der Waals surface area (Å²) in [6, 6.07) is 5.39. The van der Waals surface area contributed by atoms with E-state index < -0.39 is 5.63 Å². The molecule has 3 heterocycles. The third-order valence-electron chi connectivity index (χ3n) is 5.73. The lowest BCUT2D eigenvalue weighted by molar-refractivity contribution is 0.557. The van der Waals surface area contributed by atoms with Crippen molar-refractivity contribution in [2.45, 2.75) is 46.1 Å². The average Bonchev–Trinajstić information content (AvgIpc) is 3.05. The second-order valence-corrected chi connectivity index (χ2v) is 8.68. The number of fused-ring (bicyclic) bond motifs is 4. The molecule has 4 aromatic rings. The van der Waals surface area contributed by atoms with Crippen LogP contribution in [0.25, 0.3) is 21.2 Å². The molecule has 0 atom stereocenters. The smallest absolute Gasteiger partial charge is 0.336 e. The maximum absolute atomic E-state index is 13.2. The van der Waals surface area contributed by atoms with Gasteiger partial charge in [-0.1, -0.05) is 0 Å². The summed E-state index contributed by atoms with van der Waals surface area (Å²) in [4.78, 5) is 32.0. The molecule has 0 aliphatic heterocycles. The van der Waals surface area contributed by atoms with E-state index >= 15 is 0 Å². The lowest BCUT2D eigenvalue weighted by Crippen LogP contribution is -2.22. The molecular weight excluding hydrogens is 372 g/mol. The Morgan fingerprint density at radius 3 is 2.75 bits per heavy atom. The Morgan fingerprint density at radius 1 is 1.11 bits per heavy atom. The quantitative estimate of drug-likeness (QED) is 0.482. The predicted octanol–water partition coefficient (Wildman–Crippen LogP) is 4.11. The van der Waals surface area contributed by atoms with Gasteiger partial charge in [-0.05, 0) is 73.9 Å². The Bertz CT molecular complexity index is 1360. The van der Waals surface area contributed by atoms with E-state index in [1.807, 2.05) is 26.0 Å². The minimum Gasteiger partial charge on any atom is -0.423 e. The van der Waals surface area contributed by atoms with Crippen molar-refractivity contribution in [3.63, 3.8) is 0 Å². The molecule has 0 radical (unpaired) electrons. The molecule has 5 rings (SSSR count). The Labute approximate surface area is 165 Å². The summed E-state index contributed by atoms with van der Waals surface area (Å²) in [5, 5.41) is 1.63. The standard InChI is InChI=1S/C22H20N2O3S/c1-12-7-16-14(9-19(25)27-17(16)8-13(12)2)10-24-11-23-21-20(22(24)26)15-5-3-4-6-18(15)28-21/h7-9,11H,3-6,10H2,1-2H3. The van der Waals surface area contributed by atoms with E-state index in [0.29, 0.717) is 12.1 Å². The van der Waals surface area contributed by atoms with E-state index in [4.69, 9.17) is 4.42 Å². The van der Waals surface area contributed by atoms with Crippen LogP contribution < -0.4 is 11.2 Å². The molecule has 0 unspecified atom stereocenters. The van der Waals surface area contributed by atoms with Crippen LogP contribution >= 0.6 is 11.3 Å². The topological polar surface area (TPSA) is 65.1 Å². The molecular formula is C22H20N2O3S. The van der Waals surface area contributed by atoms with Crippen LogP contribution in [0.3, 0.4) is 0 Å². The first-order valence-corrected chi connectivity index (χ1v) is 10.4. The Hall–Kier alpha value is -2.73. The van der Waals surface area contributed by atoms with E-state index in [1.54, 1.807) is 22.2 Å². The van der Waals surface area contributed by atoms with Crippen molar-refractivity contribution in [3.05, 3.63) is 72.4 Å². The second kappa shape index (κ2) is 6.41. The summed E-state index contributed by atoms with van der Waals surface area (Å²) in [6.45, 7) is 4.32. The molecule has 0 saturated heterocycles. The summed E-state index contributed by atoms with van der Waals surface area (Å²) in [7, 11) is 0. The van der Waals surface area contributed by atoms with Gasteiger partial charge in [0.1, 0.15) is 10.4 Å². The van der Waals surface area contributed by atoms with Gasteiger partial charge in [0.25, 0.3) is 5.56 Å². The molecule has 28 heavy (non-hydrogen) atoms. The first kappa shape index (κ1) is 17.4. The SMILES string of the molecule is Cc1cc2oc(=O)cc(Cn3cnc4sc5c(c4c3=O)CCCC5)c2cc1C. The fourth-order valence-corrected chi connectivity index (χ4v) is 5.31. The van der Waals surface area contributed by atoms with E-state index in [1.165, 1.54) is 22.9 Å². The van der Waals surface area contributed by atoms with Crippen molar-refractivity contribution < 1.29 is 4.42 Å². The summed E-state index contributed by atoms with van der Waals surface area (Å²) in [6.07, 6.45) is 5.90. The van der Waals surface area contributed by atoms with E-state index in [9.17, 15) is 9.59 Å². The zero-order valence-corrected chi connectivity index (χ0v) is 16.7. The highest BCUT2D eigenvalue weighted by Crippen LogP contribution is 2.33. The molecule has 0 bridgehead atoms. The zero-order chi connectivity index (χ0) is 19.4. The number of rotatable bonds is 2. The Kier molecular flexibility index (Phi) is 3.98. The molecule has 0 saturated carbocycles. The van der Waals surface area contributed by atoms with Gasteiger partial charge in [-0.15, -0.1) is 11.3 Å². The lowest BCUT2D eigenvalue weighted by Gasteiger charge is -2.11. The summed E-state index contributed by atoms with van der Waals surface area (Å²) in [5.74, 6) is 0. The molecule has 142 valence electrons. The van der Waals surface area contributed by atoms with Crippen LogP contribution in [0.1, 0.15) is 40.0 Å². The fourth-order valence-electron chi connectivity index (χ4n) is 4.09. The van der Waals surface area contributed by atoms with Crippen LogP contribution in [0, 0.1) is 13.8 Å². The Balaban J connectivity index is 1.68. The predicted molar refractivity (Wildman–Crippen MR) is 112 cm³/mol. The van der Waals surface area contributed by atoms with E-state index in [2.05, 4.69) is 4.98 Å². The highest BCUT2D eigenvalue weighted by molar-refractivity contribution is 7.18. The number of benzene rings is 1. The fraction of sp³-hybridized carbons (Fsp3) is 0.318. The highest BCUT2D eigenvalue weighted by Gasteiger charge is 2.20. The summed E-state index contributed by atoms with van der Waals surface area (Å²) < 4.78 is 7.00. The number of aromatic nitrogens is 2. The van der Waals surface area contributed by atoms with Crippen LogP contribution in [0.4, 0.5) is 0 Å². The van der Waals surface area contributed by atoms with Crippen molar-refractivity contribution in [3.8, 4) is 0 Å². The van der Waals surface area contributed by atoms with Gasteiger partial charge in [0.05, 0.1) is 18.3 Å². The first-order chi connectivity index (χ1) is 13.5. The number of aryl methyl sites for hydroxylation is 4. The van der Waals surface area contributed by atoms with Crippen LogP contribution in [-0.2, 0) is 19.4 Å². The van der Waals surface area contributed by atoms with Crippen molar-refractivity contribution in [1.82, 2.24) is 9.55 Å². The molecule has 1 aromatic carbocycles. The number of hydrogen-bond donors (Lipinski definition) is 0.